The lowest BCUT2D eigenvalue weighted by atomic mass is 10.2. The number of rotatable bonds is 5. The van der Waals surface area contributed by atoms with Gasteiger partial charge in [-0.05, 0) is 13.0 Å². The monoisotopic (exact) mass is 261 g/mol. The highest BCUT2D eigenvalue weighted by atomic mass is 16.5. The Balaban J connectivity index is 2.14. The van der Waals surface area contributed by atoms with Gasteiger partial charge in [-0.15, -0.1) is 0 Å². The Kier molecular flexibility index (Phi) is 4.41. The molecule has 0 unspecified atom stereocenters. The fourth-order valence-corrected chi connectivity index (χ4v) is 2.04. The SMILES string of the molecule is CCn1cc(NC(=O)NCCOC)c2ccccc21. The van der Waals surface area contributed by atoms with Crippen molar-refractivity contribution >= 4 is 22.6 Å². The van der Waals surface area contributed by atoms with Crippen LogP contribution in [0.5, 0.6) is 0 Å². The van der Waals surface area contributed by atoms with Crippen LogP contribution in [0.4, 0.5) is 10.5 Å². The number of aryl methyl sites for hydroxylation is 1. The van der Waals surface area contributed by atoms with Gasteiger partial charge in [-0.25, -0.2) is 4.79 Å². The molecular weight excluding hydrogens is 242 g/mol. The molecule has 0 fully saturated rings. The molecule has 0 aliphatic carbocycles. The number of hydrogen-bond donors (Lipinski definition) is 2. The molecule has 0 aliphatic heterocycles. The predicted octanol–water partition coefficient (Wildman–Crippen LogP) is 2.43. The van der Waals surface area contributed by atoms with Gasteiger partial charge in [0.05, 0.1) is 17.8 Å². The van der Waals surface area contributed by atoms with Gasteiger partial charge in [0.25, 0.3) is 0 Å². The zero-order chi connectivity index (χ0) is 13.7. The Hall–Kier alpha value is -2.01. The van der Waals surface area contributed by atoms with Crippen molar-refractivity contribution in [3.8, 4) is 0 Å². The van der Waals surface area contributed by atoms with Gasteiger partial charge in [0.1, 0.15) is 0 Å². The molecule has 1 heterocycles. The minimum atomic E-state index is -0.212. The molecule has 2 aromatic rings. The number of para-hydroxylation sites is 1. The standard InChI is InChI=1S/C14H19N3O2/c1-3-17-10-12(11-6-4-5-7-13(11)17)16-14(18)15-8-9-19-2/h4-7,10H,3,8-9H2,1-2H3,(H2,15,16,18). The molecule has 5 nitrogen and oxygen atoms in total. The van der Waals surface area contributed by atoms with Crippen molar-refractivity contribution in [3.63, 3.8) is 0 Å². The maximum absolute atomic E-state index is 11.7. The first-order valence-electron chi connectivity index (χ1n) is 6.38. The van der Waals surface area contributed by atoms with Crippen molar-refractivity contribution in [2.45, 2.75) is 13.5 Å². The molecule has 0 aliphatic rings. The van der Waals surface area contributed by atoms with Crippen LogP contribution in [0.2, 0.25) is 0 Å². The fourth-order valence-electron chi connectivity index (χ4n) is 2.04. The normalized spacial score (nSPS) is 10.6. The number of amides is 2. The molecule has 2 N–H and O–H groups in total. The summed E-state index contributed by atoms with van der Waals surface area (Å²) in [5.41, 5.74) is 1.95. The van der Waals surface area contributed by atoms with E-state index in [1.165, 1.54) is 0 Å². The quantitative estimate of drug-likeness (QED) is 0.812. The number of fused-ring (bicyclic) bond motifs is 1. The van der Waals surface area contributed by atoms with E-state index in [0.29, 0.717) is 13.2 Å². The number of carbonyl (C=O) groups excluding carboxylic acids is 1. The van der Waals surface area contributed by atoms with E-state index in [1.807, 2.05) is 30.5 Å². The third-order valence-corrected chi connectivity index (χ3v) is 2.97. The summed E-state index contributed by atoms with van der Waals surface area (Å²) < 4.78 is 7.00. The number of urea groups is 1. The Morgan fingerprint density at radius 2 is 2.16 bits per heavy atom. The molecular formula is C14H19N3O2. The minimum absolute atomic E-state index is 0.212. The van der Waals surface area contributed by atoms with Gasteiger partial charge in [0.15, 0.2) is 0 Å². The summed E-state index contributed by atoms with van der Waals surface area (Å²) in [6, 6.07) is 7.81. The summed E-state index contributed by atoms with van der Waals surface area (Å²) in [7, 11) is 1.61. The summed E-state index contributed by atoms with van der Waals surface area (Å²) in [4.78, 5) is 11.7. The largest absolute Gasteiger partial charge is 0.383 e. The van der Waals surface area contributed by atoms with Crippen LogP contribution < -0.4 is 10.6 Å². The molecule has 0 radical (unpaired) electrons. The first-order valence-corrected chi connectivity index (χ1v) is 6.38. The highest BCUT2D eigenvalue weighted by Gasteiger charge is 2.09. The first-order chi connectivity index (χ1) is 9.26. The molecule has 1 aromatic heterocycles. The lowest BCUT2D eigenvalue weighted by Gasteiger charge is -2.05. The molecule has 19 heavy (non-hydrogen) atoms. The number of methoxy groups -OCH3 is 1. The van der Waals surface area contributed by atoms with E-state index in [-0.39, 0.29) is 6.03 Å². The smallest absolute Gasteiger partial charge is 0.319 e. The van der Waals surface area contributed by atoms with Crippen LogP contribution in [0.1, 0.15) is 6.92 Å². The lowest BCUT2D eigenvalue weighted by Crippen LogP contribution is -2.31. The van der Waals surface area contributed by atoms with Crippen molar-refractivity contribution in [1.29, 1.82) is 0 Å². The zero-order valence-corrected chi connectivity index (χ0v) is 11.3. The van der Waals surface area contributed by atoms with Gasteiger partial charge in [-0.1, -0.05) is 18.2 Å². The third-order valence-electron chi connectivity index (χ3n) is 2.97. The van der Waals surface area contributed by atoms with E-state index in [4.69, 9.17) is 4.74 Å². The molecule has 2 rings (SSSR count). The highest BCUT2D eigenvalue weighted by Crippen LogP contribution is 2.25. The van der Waals surface area contributed by atoms with Crippen molar-refractivity contribution in [1.82, 2.24) is 9.88 Å². The molecule has 0 spiro atoms. The summed E-state index contributed by atoms with van der Waals surface area (Å²) >= 11 is 0. The Labute approximate surface area is 112 Å². The van der Waals surface area contributed by atoms with E-state index in [0.717, 1.165) is 23.1 Å². The first kappa shape index (κ1) is 13.4. The maximum Gasteiger partial charge on any atom is 0.319 e. The summed E-state index contributed by atoms with van der Waals surface area (Å²) in [6.45, 7) is 3.95. The third kappa shape index (κ3) is 3.06. The Morgan fingerprint density at radius 1 is 1.37 bits per heavy atom. The van der Waals surface area contributed by atoms with Crippen LogP contribution in [0, 0.1) is 0 Å². The average molecular weight is 261 g/mol. The summed E-state index contributed by atoms with van der Waals surface area (Å²) in [5.74, 6) is 0. The van der Waals surface area contributed by atoms with Crippen molar-refractivity contribution in [2.24, 2.45) is 0 Å². The summed E-state index contributed by atoms with van der Waals surface area (Å²) in [6.07, 6.45) is 1.96. The van der Waals surface area contributed by atoms with E-state index in [1.54, 1.807) is 7.11 Å². The van der Waals surface area contributed by atoms with Gasteiger partial charge in [-0.3, -0.25) is 0 Å². The lowest BCUT2D eigenvalue weighted by molar-refractivity contribution is 0.198. The Morgan fingerprint density at radius 3 is 2.89 bits per heavy atom. The maximum atomic E-state index is 11.7. The van der Waals surface area contributed by atoms with Crippen LogP contribution >= 0.6 is 0 Å². The van der Waals surface area contributed by atoms with Gasteiger partial charge >= 0.3 is 6.03 Å². The molecule has 0 bridgehead atoms. The number of anilines is 1. The van der Waals surface area contributed by atoms with Crippen LogP contribution in [0.3, 0.4) is 0 Å². The molecule has 2 amide bonds. The zero-order valence-electron chi connectivity index (χ0n) is 11.3. The number of hydrogen-bond acceptors (Lipinski definition) is 2. The number of carbonyl (C=O) groups is 1. The second-order valence-corrected chi connectivity index (χ2v) is 4.22. The van der Waals surface area contributed by atoms with Gasteiger partial charge < -0.3 is 19.9 Å². The summed E-state index contributed by atoms with van der Waals surface area (Å²) in [5, 5.41) is 6.66. The second-order valence-electron chi connectivity index (χ2n) is 4.22. The number of aromatic nitrogens is 1. The molecule has 1 aromatic carbocycles. The van der Waals surface area contributed by atoms with E-state index in [2.05, 4.69) is 22.1 Å². The van der Waals surface area contributed by atoms with Gasteiger partial charge in [0, 0.05) is 31.8 Å². The number of ether oxygens (including phenoxy) is 1. The Bertz CT molecular complexity index is 563. The van der Waals surface area contributed by atoms with Gasteiger partial charge in [-0.2, -0.15) is 0 Å². The van der Waals surface area contributed by atoms with E-state index in [9.17, 15) is 4.79 Å². The molecule has 0 saturated heterocycles. The number of nitrogens with zero attached hydrogens (tertiary/aromatic N) is 1. The van der Waals surface area contributed by atoms with Crippen LogP contribution in [0.25, 0.3) is 10.9 Å². The van der Waals surface area contributed by atoms with Crippen LogP contribution in [-0.2, 0) is 11.3 Å². The molecule has 0 atom stereocenters. The van der Waals surface area contributed by atoms with Crippen LogP contribution in [0.15, 0.2) is 30.5 Å². The van der Waals surface area contributed by atoms with Crippen molar-refractivity contribution in [2.75, 3.05) is 25.6 Å². The van der Waals surface area contributed by atoms with Gasteiger partial charge in [0.2, 0.25) is 0 Å². The number of nitrogens with one attached hydrogen (secondary N) is 2. The van der Waals surface area contributed by atoms with Crippen molar-refractivity contribution in [3.05, 3.63) is 30.5 Å². The van der Waals surface area contributed by atoms with Crippen LogP contribution in [-0.4, -0.2) is 30.9 Å². The van der Waals surface area contributed by atoms with Crippen molar-refractivity contribution < 1.29 is 9.53 Å². The number of benzene rings is 1. The second kappa shape index (κ2) is 6.24. The minimum Gasteiger partial charge on any atom is -0.383 e. The highest BCUT2D eigenvalue weighted by molar-refractivity contribution is 6.01. The molecule has 5 heteroatoms. The van der Waals surface area contributed by atoms with E-state index < -0.39 is 0 Å². The molecule has 0 saturated carbocycles. The topological polar surface area (TPSA) is 55.3 Å². The fraction of sp³-hybridized carbons (Fsp3) is 0.357. The average Bonchev–Trinajstić information content (AvgIpc) is 2.77. The predicted molar refractivity (Wildman–Crippen MR) is 76.5 cm³/mol. The van der Waals surface area contributed by atoms with E-state index >= 15 is 0 Å². The molecule has 102 valence electrons.